The molecule has 0 saturated carbocycles. The molecule has 230 valence electrons. The molecule has 0 aromatic rings. The molecule has 0 bridgehead atoms. The summed E-state index contributed by atoms with van der Waals surface area (Å²) < 4.78 is 31.2. The summed E-state index contributed by atoms with van der Waals surface area (Å²) in [5, 5.41) is 18.5. The molecule has 0 aliphatic heterocycles. The van der Waals surface area contributed by atoms with Gasteiger partial charge in [-0.15, -0.1) is 0 Å². The minimum atomic E-state index is -4.58. The fourth-order valence-electron chi connectivity index (χ4n) is 3.81. The molecule has 3 N–H and O–H groups in total. The van der Waals surface area contributed by atoms with Crippen molar-refractivity contribution in [2.75, 3.05) is 26.4 Å². The maximum Gasteiger partial charge on any atom is 0.472 e. The van der Waals surface area contributed by atoms with Crippen LogP contribution in [0.4, 0.5) is 0 Å². The Morgan fingerprint density at radius 3 is 1.62 bits per heavy atom. The van der Waals surface area contributed by atoms with Crippen molar-refractivity contribution >= 4 is 19.8 Å². The van der Waals surface area contributed by atoms with E-state index in [9.17, 15) is 24.2 Å². The largest absolute Gasteiger partial charge is 0.472 e. The van der Waals surface area contributed by atoms with Crippen molar-refractivity contribution in [1.29, 1.82) is 0 Å². The maximum absolute atomic E-state index is 12.0. The number of rotatable bonds is 27. The molecular weight excluding hydrogens is 527 g/mol. The molecule has 3 atom stereocenters. The number of allylic oxidation sites excluding steroid dienone is 2. The summed E-state index contributed by atoms with van der Waals surface area (Å²) in [6, 6.07) is 0. The average Bonchev–Trinajstić information content (AvgIpc) is 2.90. The lowest BCUT2D eigenvalue weighted by Crippen LogP contribution is -2.28. The molecular formula is C28H53O10P. The summed E-state index contributed by atoms with van der Waals surface area (Å²) in [6.45, 7) is 1.05. The van der Waals surface area contributed by atoms with E-state index in [1.165, 1.54) is 64.2 Å². The van der Waals surface area contributed by atoms with Crippen LogP contribution in [0.1, 0.15) is 117 Å². The molecule has 0 amide bonds. The highest BCUT2D eigenvalue weighted by molar-refractivity contribution is 7.47. The Hall–Kier alpha value is -1.29. The second-order valence-corrected chi connectivity index (χ2v) is 11.3. The maximum atomic E-state index is 12.0. The minimum Gasteiger partial charge on any atom is -0.458 e. The number of phosphoric ester groups is 1. The standard InChI is InChI=1S/C28H53O10P/c1-3-4-5-6-7-8-9-10-11-12-13-14-15-16-17-18-19-20-28(32)38-27(22-30)24-36-39(33,34)35-23-26(21-29)37-25(2)31/h10-11,26-27,29-30H,3-9,12-24H2,1-2H3,(H,33,34)/b11-10-. The highest BCUT2D eigenvalue weighted by Gasteiger charge is 2.27. The smallest absolute Gasteiger partial charge is 0.458 e. The molecule has 10 nitrogen and oxygen atoms in total. The fourth-order valence-corrected chi connectivity index (χ4v) is 4.60. The van der Waals surface area contributed by atoms with Gasteiger partial charge in [-0.05, 0) is 32.1 Å². The molecule has 0 aromatic heterocycles. The summed E-state index contributed by atoms with van der Waals surface area (Å²) in [6.07, 6.45) is 20.3. The van der Waals surface area contributed by atoms with Gasteiger partial charge in [-0.25, -0.2) is 4.57 Å². The second kappa shape index (κ2) is 25.7. The van der Waals surface area contributed by atoms with Gasteiger partial charge in [-0.2, -0.15) is 0 Å². The van der Waals surface area contributed by atoms with Gasteiger partial charge in [-0.1, -0.05) is 83.3 Å². The zero-order valence-electron chi connectivity index (χ0n) is 24.1. The van der Waals surface area contributed by atoms with Gasteiger partial charge in [0.25, 0.3) is 0 Å². The van der Waals surface area contributed by atoms with E-state index in [2.05, 4.69) is 23.6 Å². The third kappa shape index (κ3) is 25.4. The van der Waals surface area contributed by atoms with Crippen LogP contribution in [-0.4, -0.2) is 65.7 Å². The molecule has 0 spiro atoms. The number of hydrogen-bond donors (Lipinski definition) is 3. The highest BCUT2D eigenvalue weighted by Crippen LogP contribution is 2.43. The number of carbonyl (C=O) groups excluding carboxylic acids is 2. The van der Waals surface area contributed by atoms with Crippen molar-refractivity contribution < 1.29 is 47.8 Å². The molecule has 0 aromatic carbocycles. The summed E-state index contributed by atoms with van der Waals surface area (Å²) in [7, 11) is -4.58. The van der Waals surface area contributed by atoms with Crippen molar-refractivity contribution in [2.24, 2.45) is 0 Å². The second-order valence-electron chi connectivity index (χ2n) is 9.81. The van der Waals surface area contributed by atoms with E-state index in [4.69, 9.17) is 19.1 Å². The molecule has 39 heavy (non-hydrogen) atoms. The van der Waals surface area contributed by atoms with Crippen LogP contribution in [0.25, 0.3) is 0 Å². The van der Waals surface area contributed by atoms with Crippen molar-refractivity contribution in [1.82, 2.24) is 0 Å². The lowest BCUT2D eigenvalue weighted by Gasteiger charge is -2.20. The summed E-state index contributed by atoms with van der Waals surface area (Å²) in [5.74, 6) is -1.20. The number of phosphoric acid groups is 1. The number of esters is 2. The molecule has 0 heterocycles. The highest BCUT2D eigenvalue weighted by atomic mass is 31.2. The Balaban J connectivity index is 3.79. The Kier molecular flexibility index (Phi) is 24.8. The zero-order chi connectivity index (χ0) is 29.2. The van der Waals surface area contributed by atoms with Gasteiger partial charge in [0.05, 0.1) is 26.4 Å². The van der Waals surface area contributed by atoms with Gasteiger partial charge in [0.15, 0.2) is 0 Å². The van der Waals surface area contributed by atoms with Crippen LogP contribution < -0.4 is 0 Å². The lowest BCUT2D eigenvalue weighted by atomic mass is 10.1. The number of aliphatic hydroxyl groups is 2. The van der Waals surface area contributed by atoms with Crippen LogP contribution in [-0.2, 0) is 32.7 Å². The van der Waals surface area contributed by atoms with Gasteiger partial charge in [0.2, 0.25) is 0 Å². The molecule has 0 aliphatic rings. The van der Waals surface area contributed by atoms with E-state index in [1.807, 2.05) is 0 Å². The Labute approximate surface area is 235 Å². The van der Waals surface area contributed by atoms with E-state index in [0.29, 0.717) is 6.42 Å². The van der Waals surface area contributed by atoms with E-state index < -0.39 is 58.4 Å². The van der Waals surface area contributed by atoms with Crippen LogP contribution in [0.15, 0.2) is 12.2 Å². The van der Waals surface area contributed by atoms with Gasteiger partial charge >= 0.3 is 19.8 Å². The number of carbonyl (C=O) groups is 2. The van der Waals surface area contributed by atoms with Crippen LogP contribution in [0.2, 0.25) is 0 Å². The monoisotopic (exact) mass is 580 g/mol. The molecule has 0 saturated heterocycles. The van der Waals surface area contributed by atoms with Crippen LogP contribution >= 0.6 is 7.82 Å². The van der Waals surface area contributed by atoms with Crippen LogP contribution in [0.3, 0.4) is 0 Å². The van der Waals surface area contributed by atoms with E-state index in [-0.39, 0.29) is 6.42 Å². The number of hydrogen-bond acceptors (Lipinski definition) is 9. The lowest BCUT2D eigenvalue weighted by molar-refractivity contribution is -0.153. The number of ether oxygens (including phenoxy) is 2. The molecule has 0 fully saturated rings. The summed E-state index contributed by atoms with van der Waals surface area (Å²) >= 11 is 0. The first-order chi connectivity index (χ1) is 18.7. The van der Waals surface area contributed by atoms with Gasteiger partial charge in [-0.3, -0.25) is 18.6 Å². The van der Waals surface area contributed by atoms with Gasteiger partial charge in [0, 0.05) is 13.3 Å². The van der Waals surface area contributed by atoms with Crippen molar-refractivity contribution in [3.8, 4) is 0 Å². The predicted octanol–water partition coefficient (Wildman–Crippen LogP) is 5.77. The van der Waals surface area contributed by atoms with E-state index in [1.54, 1.807) is 0 Å². The quantitative estimate of drug-likeness (QED) is 0.0473. The van der Waals surface area contributed by atoms with E-state index >= 15 is 0 Å². The first-order valence-electron chi connectivity index (χ1n) is 14.6. The van der Waals surface area contributed by atoms with Crippen LogP contribution in [0.5, 0.6) is 0 Å². The minimum absolute atomic E-state index is 0.188. The number of unbranched alkanes of at least 4 members (excludes halogenated alkanes) is 13. The molecule has 0 rings (SSSR count). The summed E-state index contributed by atoms with van der Waals surface area (Å²) in [4.78, 5) is 32.6. The number of aliphatic hydroxyl groups excluding tert-OH is 2. The predicted molar refractivity (Wildman–Crippen MR) is 150 cm³/mol. The van der Waals surface area contributed by atoms with Crippen molar-refractivity contribution in [3.05, 3.63) is 12.2 Å². The zero-order valence-corrected chi connectivity index (χ0v) is 25.0. The van der Waals surface area contributed by atoms with Gasteiger partial charge < -0.3 is 24.6 Å². The normalized spacial score (nSPS) is 14.7. The van der Waals surface area contributed by atoms with Crippen molar-refractivity contribution in [3.63, 3.8) is 0 Å². The Bertz CT molecular complexity index is 685. The SMILES string of the molecule is CCCCCCCC/C=C\CCCCCCCCCC(=O)OC(CO)COP(=O)(O)OCC(CO)OC(C)=O. The van der Waals surface area contributed by atoms with Crippen LogP contribution in [0, 0.1) is 0 Å². The Morgan fingerprint density at radius 1 is 0.718 bits per heavy atom. The third-order valence-electron chi connectivity index (χ3n) is 6.03. The summed E-state index contributed by atoms with van der Waals surface area (Å²) in [5.41, 5.74) is 0. The van der Waals surface area contributed by atoms with Crippen molar-refractivity contribution in [2.45, 2.75) is 129 Å². The molecule has 11 heteroatoms. The van der Waals surface area contributed by atoms with E-state index in [0.717, 1.165) is 32.6 Å². The molecule has 0 radical (unpaired) electrons. The topological polar surface area (TPSA) is 149 Å². The fraction of sp³-hybridized carbons (Fsp3) is 0.857. The third-order valence-corrected chi connectivity index (χ3v) is 6.98. The first-order valence-corrected chi connectivity index (χ1v) is 16.1. The first kappa shape index (κ1) is 37.7. The molecule has 3 unspecified atom stereocenters. The average molecular weight is 581 g/mol. The molecule has 0 aliphatic carbocycles. The van der Waals surface area contributed by atoms with Gasteiger partial charge in [0.1, 0.15) is 12.2 Å². The Morgan fingerprint density at radius 2 is 1.15 bits per heavy atom.